The lowest BCUT2D eigenvalue weighted by molar-refractivity contribution is -0.141. The molecular formula is C10H13NO2S. The number of nitrogens with one attached hydrogen (secondary N) is 1. The summed E-state index contributed by atoms with van der Waals surface area (Å²) in [7, 11) is 0. The fraction of sp³-hybridized carbons (Fsp3) is 0.300. The predicted octanol–water partition coefficient (Wildman–Crippen LogP) is 1.85. The first-order valence-electron chi connectivity index (χ1n) is 4.43. The first-order valence-corrected chi connectivity index (χ1v) is 5.25. The third-order valence-electron chi connectivity index (χ3n) is 1.46. The van der Waals surface area contributed by atoms with Gasteiger partial charge in [-0.1, -0.05) is 18.2 Å². The summed E-state index contributed by atoms with van der Waals surface area (Å²) in [5.41, 5.74) is 0. The van der Waals surface area contributed by atoms with Crippen molar-refractivity contribution >= 4 is 17.9 Å². The van der Waals surface area contributed by atoms with Crippen LogP contribution in [-0.2, 0) is 9.53 Å². The van der Waals surface area contributed by atoms with E-state index in [1.54, 1.807) is 6.92 Å². The van der Waals surface area contributed by atoms with Crippen molar-refractivity contribution in [1.82, 2.24) is 4.72 Å². The van der Waals surface area contributed by atoms with E-state index in [0.29, 0.717) is 6.61 Å². The number of carbonyl (C=O) groups excluding carboxylic acids is 1. The van der Waals surface area contributed by atoms with Crippen molar-refractivity contribution in [1.29, 1.82) is 0 Å². The minimum Gasteiger partial charge on any atom is -0.465 e. The lowest BCUT2D eigenvalue weighted by Crippen LogP contribution is -2.19. The first-order chi connectivity index (χ1) is 6.83. The van der Waals surface area contributed by atoms with Crippen molar-refractivity contribution in [3.8, 4) is 0 Å². The fourth-order valence-corrected chi connectivity index (χ4v) is 1.53. The highest BCUT2D eigenvalue weighted by molar-refractivity contribution is 7.97. The summed E-state index contributed by atoms with van der Waals surface area (Å²) in [6, 6.07) is 9.81. The molecule has 0 radical (unpaired) electrons. The average molecular weight is 211 g/mol. The summed E-state index contributed by atoms with van der Waals surface area (Å²) >= 11 is 1.42. The van der Waals surface area contributed by atoms with Crippen molar-refractivity contribution in [2.75, 3.05) is 13.2 Å². The molecule has 0 aliphatic rings. The van der Waals surface area contributed by atoms with E-state index in [-0.39, 0.29) is 12.5 Å². The second-order valence-corrected chi connectivity index (χ2v) is 3.51. The number of hydrogen-bond acceptors (Lipinski definition) is 4. The highest BCUT2D eigenvalue weighted by Gasteiger charge is 2.00. The molecule has 1 N–H and O–H groups in total. The van der Waals surface area contributed by atoms with Crippen molar-refractivity contribution in [3.63, 3.8) is 0 Å². The van der Waals surface area contributed by atoms with Crippen LogP contribution in [0.25, 0.3) is 0 Å². The van der Waals surface area contributed by atoms with Crippen LogP contribution in [0, 0.1) is 0 Å². The topological polar surface area (TPSA) is 38.3 Å². The molecule has 0 aliphatic carbocycles. The molecule has 0 atom stereocenters. The molecule has 0 heterocycles. The molecule has 0 fully saturated rings. The van der Waals surface area contributed by atoms with Gasteiger partial charge in [0.1, 0.15) is 6.54 Å². The minimum atomic E-state index is -0.226. The Morgan fingerprint density at radius 2 is 2.14 bits per heavy atom. The Morgan fingerprint density at radius 1 is 1.43 bits per heavy atom. The fourth-order valence-electron chi connectivity index (χ4n) is 0.879. The van der Waals surface area contributed by atoms with Gasteiger partial charge >= 0.3 is 5.97 Å². The summed E-state index contributed by atoms with van der Waals surface area (Å²) < 4.78 is 7.69. The molecule has 1 aromatic carbocycles. The van der Waals surface area contributed by atoms with E-state index in [1.807, 2.05) is 30.3 Å². The second-order valence-electron chi connectivity index (χ2n) is 2.54. The van der Waals surface area contributed by atoms with Gasteiger partial charge in [-0.05, 0) is 31.0 Å². The molecule has 0 bridgehead atoms. The Bertz CT molecular complexity index is 277. The molecule has 0 unspecified atom stereocenters. The van der Waals surface area contributed by atoms with Crippen LogP contribution in [0.2, 0.25) is 0 Å². The van der Waals surface area contributed by atoms with Crippen LogP contribution in [0.1, 0.15) is 6.92 Å². The lowest BCUT2D eigenvalue weighted by Gasteiger charge is -2.03. The molecular weight excluding hydrogens is 198 g/mol. The zero-order chi connectivity index (χ0) is 10.2. The maximum Gasteiger partial charge on any atom is 0.320 e. The van der Waals surface area contributed by atoms with Gasteiger partial charge in [-0.2, -0.15) is 0 Å². The molecule has 0 aliphatic heterocycles. The van der Waals surface area contributed by atoms with Gasteiger partial charge in [-0.15, -0.1) is 0 Å². The number of carbonyl (C=O) groups is 1. The molecule has 1 aromatic rings. The molecule has 0 saturated heterocycles. The van der Waals surface area contributed by atoms with Gasteiger partial charge in [-0.3, -0.25) is 4.79 Å². The smallest absolute Gasteiger partial charge is 0.320 e. The largest absolute Gasteiger partial charge is 0.465 e. The number of esters is 1. The Kier molecular flexibility index (Phi) is 5.11. The van der Waals surface area contributed by atoms with Gasteiger partial charge in [0.2, 0.25) is 0 Å². The maximum atomic E-state index is 10.9. The quantitative estimate of drug-likeness (QED) is 0.596. The Balaban J connectivity index is 2.19. The molecule has 0 saturated carbocycles. The normalized spacial score (nSPS) is 9.79. The van der Waals surface area contributed by atoms with Gasteiger partial charge in [0.05, 0.1) is 6.61 Å². The Labute approximate surface area is 88.0 Å². The molecule has 14 heavy (non-hydrogen) atoms. The SMILES string of the molecule is CCOC(=O)CNSc1ccccc1. The lowest BCUT2D eigenvalue weighted by atomic mass is 10.4. The minimum absolute atomic E-state index is 0.226. The summed E-state index contributed by atoms with van der Waals surface area (Å²) in [4.78, 5) is 12.0. The van der Waals surface area contributed by atoms with Crippen molar-refractivity contribution in [2.24, 2.45) is 0 Å². The third kappa shape index (κ3) is 4.30. The average Bonchev–Trinajstić information content (AvgIpc) is 2.20. The molecule has 0 aromatic heterocycles. The van der Waals surface area contributed by atoms with Crippen molar-refractivity contribution in [2.45, 2.75) is 11.8 Å². The van der Waals surface area contributed by atoms with Gasteiger partial charge in [0.25, 0.3) is 0 Å². The van der Waals surface area contributed by atoms with Crippen LogP contribution in [0.4, 0.5) is 0 Å². The zero-order valence-corrected chi connectivity index (χ0v) is 8.84. The highest BCUT2D eigenvalue weighted by Crippen LogP contribution is 2.12. The van der Waals surface area contributed by atoms with Crippen LogP contribution in [0.3, 0.4) is 0 Å². The Morgan fingerprint density at radius 3 is 2.79 bits per heavy atom. The van der Waals surface area contributed by atoms with E-state index in [0.717, 1.165) is 4.90 Å². The van der Waals surface area contributed by atoms with Gasteiger partial charge in [0.15, 0.2) is 0 Å². The monoisotopic (exact) mass is 211 g/mol. The maximum absolute atomic E-state index is 10.9. The number of hydrogen-bond donors (Lipinski definition) is 1. The summed E-state index contributed by atoms with van der Waals surface area (Å²) in [5, 5.41) is 0. The third-order valence-corrected chi connectivity index (χ3v) is 2.25. The Hall–Kier alpha value is -1.00. The van der Waals surface area contributed by atoms with Crippen LogP contribution in [0.5, 0.6) is 0 Å². The van der Waals surface area contributed by atoms with Crippen LogP contribution >= 0.6 is 11.9 Å². The van der Waals surface area contributed by atoms with Gasteiger partial charge < -0.3 is 4.74 Å². The van der Waals surface area contributed by atoms with Crippen LogP contribution in [0.15, 0.2) is 35.2 Å². The van der Waals surface area contributed by atoms with E-state index in [9.17, 15) is 4.79 Å². The summed E-state index contributed by atoms with van der Waals surface area (Å²) in [6.07, 6.45) is 0. The van der Waals surface area contributed by atoms with Gasteiger partial charge in [0, 0.05) is 4.90 Å². The molecule has 3 nitrogen and oxygen atoms in total. The predicted molar refractivity (Wildman–Crippen MR) is 56.9 cm³/mol. The zero-order valence-electron chi connectivity index (χ0n) is 8.03. The molecule has 4 heteroatoms. The highest BCUT2D eigenvalue weighted by atomic mass is 32.2. The number of ether oxygens (including phenoxy) is 1. The van der Waals surface area contributed by atoms with E-state index in [4.69, 9.17) is 4.74 Å². The van der Waals surface area contributed by atoms with Crippen LogP contribution in [-0.4, -0.2) is 19.1 Å². The number of rotatable bonds is 5. The second kappa shape index (κ2) is 6.45. The van der Waals surface area contributed by atoms with E-state index in [1.165, 1.54) is 11.9 Å². The van der Waals surface area contributed by atoms with Gasteiger partial charge in [-0.25, -0.2) is 4.72 Å². The summed E-state index contributed by atoms with van der Waals surface area (Å²) in [6.45, 7) is 2.45. The van der Waals surface area contributed by atoms with Crippen molar-refractivity contribution < 1.29 is 9.53 Å². The molecule has 76 valence electrons. The molecule has 1 rings (SSSR count). The number of benzene rings is 1. The van der Waals surface area contributed by atoms with Crippen molar-refractivity contribution in [3.05, 3.63) is 30.3 Å². The van der Waals surface area contributed by atoms with Crippen LogP contribution < -0.4 is 4.72 Å². The van der Waals surface area contributed by atoms with E-state index >= 15 is 0 Å². The molecule has 0 amide bonds. The molecule has 0 spiro atoms. The summed E-state index contributed by atoms with van der Waals surface area (Å²) in [5.74, 6) is -0.226. The standard InChI is InChI=1S/C10H13NO2S/c1-2-13-10(12)8-11-14-9-6-4-3-5-7-9/h3-7,11H,2,8H2,1H3. The first kappa shape index (κ1) is 11.1. The van der Waals surface area contributed by atoms with E-state index in [2.05, 4.69) is 4.72 Å². The van der Waals surface area contributed by atoms with E-state index < -0.39 is 0 Å².